The van der Waals surface area contributed by atoms with Gasteiger partial charge in [-0.15, -0.1) is 0 Å². The van der Waals surface area contributed by atoms with Crippen LogP contribution in [0.5, 0.6) is 5.75 Å². The van der Waals surface area contributed by atoms with Gasteiger partial charge in [0.25, 0.3) is 0 Å². The Balaban J connectivity index is 2.08. The zero-order valence-corrected chi connectivity index (χ0v) is 11.4. The van der Waals surface area contributed by atoms with E-state index < -0.39 is 37.3 Å². The van der Waals surface area contributed by atoms with Crippen LogP contribution in [-0.2, 0) is 4.74 Å². The Morgan fingerprint density at radius 2 is 1.76 bits per heavy atom. The smallest absolute Gasteiger partial charge is 0.229 e. The molecule has 0 amide bonds. The number of hydrogen-bond acceptors (Lipinski definition) is 7. The summed E-state index contributed by atoms with van der Waals surface area (Å²) in [7, 11) is 0. The van der Waals surface area contributed by atoms with Crippen molar-refractivity contribution in [3.63, 3.8) is 0 Å². The molecule has 0 aliphatic carbocycles. The Kier molecular flexibility index (Phi) is 4.92. The first-order valence-electron chi connectivity index (χ1n) is 6.52. The number of rotatable bonds is 4. The average Bonchev–Trinajstić information content (AvgIpc) is 2.48. The summed E-state index contributed by atoms with van der Waals surface area (Å²) < 4.78 is 10.6. The molecule has 0 radical (unpaired) electrons. The fourth-order valence-electron chi connectivity index (χ4n) is 2.07. The van der Waals surface area contributed by atoms with Gasteiger partial charge < -0.3 is 29.9 Å². The fraction of sp³-hybridized carbons (Fsp3) is 0.500. The molecule has 4 N–H and O–H groups in total. The molecule has 2 rings (SSSR count). The predicted molar refractivity (Wildman–Crippen MR) is 70.8 cm³/mol. The van der Waals surface area contributed by atoms with Crippen LogP contribution in [0.15, 0.2) is 24.3 Å². The quantitative estimate of drug-likeness (QED) is 0.530. The molecule has 1 aromatic carbocycles. The molecule has 21 heavy (non-hydrogen) atoms. The molecular weight excluding hydrogens is 280 g/mol. The van der Waals surface area contributed by atoms with Crippen LogP contribution in [0.2, 0.25) is 0 Å². The lowest BCUT2D eigenvalue weighted by atomic mass is 9.99. The van der Waals surface area contributed by atoms with Gasteiger partial charge in [0.15, 0.2) is 5.78 Å². The first-order valence-corrected chi connectivity index (χ1v) is 6.52. The van der Waals surface area contributed by atoms with Gasteiger partial charge in [-0.3, -0.25) is 4.79 Å². The van der Waals surface area contributed by atoms with E-state index in [2.05, 4.69) is 0 Å². The first kappa shape index (κ1) is 15.9. The maximum absolute atomic E-state index is 11.2. The fourth-order valence-corrected chi connectivity index (χ4v) is 2.07. The van der Waals surface area contributed by atoms with Crippen molar-refractivity contribution in [1.82, 2.24) is 0 Å². The number of aliphatic hydroxyl groups is 4. The number of hydrogen-bond donors (Lipinski definition) is 4. The highest BCUT2D eigenvalue weighted by molar-refractivity contribution is 5.94. The van der Waals surface area contributed by atoms with Crippen molar-refractivity contribution in [3.8, 4) is 5.75 Å². The minimum atomic E-state index is -1.49. The number of Topliss-reactive ketones (excluding diaryl/α,β-unsaturated/α-hetero) is 1. The van der Waals surface area contributed by atoms with Crippen molar-refractivity contribution < 1.29 is 34.7 Å². The lowest BCUT2D eigenvalue weighted by Crippen LogP contribution is -2.60. The largest absolute Gasteiger partial charge is 0.462 e. The molecule has 5 atom stereocenters. The molecule has 7 heteroatoms. The summed E-state index contributed by atoms with van der Waals surface area (Å²) in [5.41, 5.74) is 0.510. The molecule has 0 bridgehead atoms. The number of benzene rings is 1. The molecule has 1 aliphatic rings. The number of ketones is 1. The van der Waals surface area contributed by atoms with Gasteiger partial charge in [-0.2, -0.15) is 0 Å². The van der Waals surface area contributed by atoms with Gasteiger partial charge in [0.2, 0.25) is 6.29 Å². The minimum Gasteiger partial charge on any atom is -0.462 e. The standard InChI is InChI=1S/C14H18O7/c1-7(16)8-2-4-9(5-3-8)20-14-13(19)12(18)11(17)10(6-15)21-14/h2-5,10-15,17-19H,6H2,1H3/t10-,11-,12-,13-,14-/m0/s1. The summed E-state index contributed by atoms with van der Waals surface area (Å²) in [5.74, 6) is 0.235. The molecule has 0 unspecified atom stereocenters. The van der Waals surface area contributed by atoms with Gasteiger partial charge in [0.1, 0.15) is 30.2 Å². The predicted octanol–water partition coefficient (Wildman–Crippen LogP) is -0.932. The average molecular weight is 298 g/mol. The summed E-state index contributed by atoms with van der Waals surface area (Å²) in [6, 6.07) is 6.17. The molecule has 1 aliphatic heterocycles. The Morgan fingerprint density at radius 1 is 1.14 bits per heavy atom. The van der Waals surface area contributed by atoms with E-state index in [9.17, 15) is 20.1 Å². The van der Waals surface area contributed by atoms with Crippen molar-refractivity contribution >= 4 is 5.78 Å². The SMILES string of the molecule is CC(=O)c1ccc(O[C@H]2O[C@@H](CO)[C@H](O)[C@H](O)[C@@H]2O)cc1. The highest BCUT2D eigenvalue weighted by Crippen LogP contribution is 2.24. The zero-order chi connectivity index (χ0) is 15.6. The summed E-state index contributed by atoms with van der Waals surface area (Å²) in [5, 5.41) is 38.2. The van der Waals surface area contributed by atoms with E-state index >= 15 is 0 Å². The molecule has 1 fully saturated rings. The molecule has 0 saturated carbocycles. The molecule has 0 spiro atoms. The highest BCUT2D eigenvalue weighted by atomic mass is 16.7. The second-order valence-electron chi connectivity index (χ2n) is 4.90. The summed E-state index contributed by atoms with van der Waals surface area (Å²) in [6.07, 6.45) is -6.63. The first-order chi connectivity index (χ1) is 9.93. The Hall–Kier alpha value is -1.51. The molecule has 1 saturated heterocycles. The normalized spacial score (nSPS) is 32.7. The van der Waals surface area contributed by atoms with E-state index in [1.807, 2.05) is 0 Å². The van der Waals surface area contributed by atoms with Crippen molar-refractivity contribution in [1.29, 1.82) is 0 Å². The third kappa shape index (κ3) is 3.39. The summed E-state index contributed by atoms with van der Waals surface area (Å²) in [6.45, 7) is 0.918. The molecule has 116 valence electrons. The van der Waals surface area contributed by atoms with E-state index in [-0.39, 0.29) is 5.78 Å². The zero-order valence-electron chi connectivity index (χ0n) is 11.4. The van der Waals surface area contributed by atoms with E-state index in [1.165, 1.54) is 19.1 Å². The minimum absolute atomic E-state index is 0.0885. The summed E-state index contributed by atoms with van der Waals surface area (Å²) in [4.78, 5) is 11.2. The number of ether oxygens (including phenoxy) is 2. The van der Waals surface area contributed by atoms with Gasteiger partial charge in [-0.1, -0.05) is 0 Å². The third-order valence-electron chi connectivity index (χ3n) is 3.36. The van der Waals surface area contributed by atoms with Gasteiger partial charge in [0.05, 0.1) is 6.61 Å². The summed E-state index contributed by atoms with van der Waals surface area (Å²) >= 11 is 0. The lowest BCUT2D eigenvalue weighted by molar-refractivity contribution is -0.277. The van der Waals surface area contributed by atoms with Crippen LogP contribution in [0.3, 0.4) is 0 Å². The van der Waals surface area contributed by atoms with Crippen molar-refractivity contribution in [2.45, 2.75) is 37.6 Å². The Labute approximate surface area is 121 Å². The monoisotopic (exact) mass is 298 g/mol. The molecule has 7 nitrogen and oxygen atoms in total. The topological polar surface area (TPSA) is 116 Å². The number of carbonyl (C=O) groups is 1. The van der Waals surface area contributed by atoms with Crippen molar-refractivity contribution in [2.24, 2.45) is 0 Å². The van der Waals surface area contributed by atoms with E-state index in [4.69, 9.17) is 14.6 Å². The Morgan fingerprint density at radius 3 is 2.29 bits per heavy atom. The lowest BCUT2D eigenvalue weighted by Gasteiger charge is -2.39. The molecule has 1 heterocycles. The third-order valence-corrected chi connectivity index (χ3v) is 3.36. The van der Waals surface area contributed by atoms with Gasteiger partial charge in [-0.25, -0.2) is 0 Å². The van der Waals surface area contributed by atoms with Crippen LogP contribution in [0.1, 0.15) is 17.3 Å². The van der Waals surface area contributed by atoms with Crippen LogP contribution >= 0.6 is 0 Å². The Bertz CT molecular complexity index is 485. The highest BCUT2D eigenvalue weighted by Gasteiger charge is 2.44. The number of aliphatic hydroxyl groups excluding tert-OH is 4. The molecular formula is C14H18O7. The van der Waals surface area contributed by atoms with Crippen LogP contribution in [-0.4, -0.2) is 63.5 Å². The molecule has 0 aromatic heterocycles. The van der Waals surface area contributed by atoms with Crippen LogP contribution in [0.25, 0.3) is 0 Å². The maximum Gasteiger partial charge on any atom is 0.229 e. The van der Waals surface area contributed by atoms with Gasteiger partial charge in [-0.05, 0) is 31.2 Å². The van der Waals surface area contributed by atoms with Crippen LogP contribution < -0.4 is 4.74 Å². The van der Waals surface area contributed by atoms with Crippen LogP contribution in [0, 0.1) is 0 Å². The van der Waals surface area contributed by atoms with Crippen molar-refractivity contribution in [2.75, 3.05) is 6.61 Å². The second-order valence-corrected chi connectivity index (χ2v) is 4.90. The van der Waals surface area contributed by atoms with E-state index in [0.717, 1.165) is 0 Å². The second kappa shape index (κ2) is 6.50. The van der Waals surface area contributed by atoms with Gasteiger partial charge >= 0.3 is 0 Å². The van der Waals surface area contributed by atoms with Crippen LogP contribution in [0.4, 0.5) is 0 Å². The molecule has 1 aromatic rings. The maximum atomic E-state index is 11.2. The number of carbonyl (C=O) groups excluding carboxylic acids is 1. The van der Waals surface area contributed by atoms with E-state index in [0.29, 0.717) is 11.3 Å². The van der Waals surface area contributed by atoms with Crippen molar-refractivity contribution in [3.05, 3.63) is 29.8 Å². The van der Waals surface area contributed by atoms with E-state index in [1.54, 1.807) is 12.1 Å². The van der Waals surface area contributed by atoms with Gasteiger partial charge in [0, 0.05) is 5.56 Å².